The molecule has 0 amide bonds. The SMILES string of the molecule is CC(C)(C)[Si](O[C@@H]1CC=[N+]([O-])C1)(c1ccccc1)c1ccccc1. The van der Waals surface area contributed by atoms with Gasteiger partial charge < -0.3 is 9.63 Å². The molecule has 24 heavy (non-hydrogen) atoms. The molecule has 1 heterocycles. The molecule has 0 aromatic heterocycles. The van der Waals surface area contributed by atoms with Crippen LogP contribution in [0.5, 0.6) is 0 Å². The van der Waals surface area contributed by atoms with Crippen molar-refractivity contribution in [2.24, 2.45) is 0 Å². The standard InChI is InChI=1S/C20H25NO2Si/c1-20(2,3)24(18-10-6-4-7-11-18,19-12-8-5-9-13-19)23-17-14-15-21(22)16-17/h4-13,15,17H,14,16H2,1-3H3/t17-/m1/s1. The zero-order chi connectivity index (χ0) is 17.2. The molecule has 0 bridgehead atoms. The van der Waals surface area contributed by atoms with Crippen molar-refractivity contribution in [3.63, 3.8) is 0 Å². The Labute approximate surface area is 145 Å². The fourth-order valence-corrected chi connectivity index (χ4v) is 8.30. The third-order valence-electron chi connectivity index (χ3n) is 4.72. The Balaban J connectivity index is 2.14. The van der Waals surface area contributed by atoms with Crippen molar-refractivity contribution in [2.75, 3.05) is 6.54 Å². The van der Waals surface area contributed by atoms with E-state index in [9.17, 15) is 5.21 Å². The van der Waals surface area contributed by atoms with Crippen LogP contribution in [0.3, 0.4) is 0 Å². The van der Waals surface area contributed by atoms with Crippen molar-refractivity contribution in [1.82, 2.24) is 0 Å². The van der Waals surface area contributed by atoms with Crippen LogP contribution in [0.25, 0.3) is 0 Å². The van der Waals surface area contributed by atoms with E-state index in [0.29, 0.717) is 13.0 Å². The summed E-state index contributed by atoms with van der Waals surface area (Å²) in [5, 5.41) is 14.1. The number of rotatable bonds is 4. The molecule has 1 aliphatic heterocycles. The molecule has 0 aliphatic carbocycles. The maximum atomic E-state index is 11.7. The lowest BCUT2D eigenvalue weighted by molar-refractivity contribution is -0.451. The lowest BCUT2D eigenvalue weighted by Crippen LogP contribution is -2.67. The predicted molar refractivity (Wildman–Crippen MR) is 102 cm³/mol. The van der Waals surface area contributed by atoms with Gasteiger partial charge in [-0.2, -0.15) is 0 Å². The molecule has 0 fully saturated rings. The van der Waals surface area contributed by atoms with E-state index < -0.39 is 8.32 Å². The van der Waals surface area contributed by atoms with Gasteiger partial charge in [0.15, 0.2) is 12.8 Å². The van der Waals surface area contributed by atoms with Gasteiger partial charge in [0.25, 0.3) is 8.32 Å². The second-order valence-corrected chi connectivity index (χ2v) is 11.7. The number of hydroxylamine groups is 1. The Morgan fingerprint density at radius 1 is 0.958 bits per heavy atom. The van der Waals surface area contributed by atoms with E-state index in [1.54, 1.807) is 6.21 Å². The molecule has 2 aromatic carbocycles. The molecule has 3 rings (SSSR count). The van der Waals surface area contributed by atoms with Gasteiger partial charge in [-0.25, -0.2) is 4.74 Å². The normalized spacial score (nSPS) is 18.5. The molecule has 0 radical (unpaired) electrons. The van der Waals surface area contributed by atoms with Crippen molar-refractivity contribution in [1.29, 1.82) is 0 Å². The number of benzene rings is 2. The molecular formula is C20H25NO2Si. The summed E-state index contributed by atoms with van der Waals surface area (Å²) in [7, 11) is -2.53. The van der Waals surface area contributed by atoms with Crippen LogP contribution in [0.2, 0.25) is 5.04 Å². The highest BCUT2D eigenvalue weighted by Crippen LogP contribution is 2.38. The molecule has 0 N–H and O–H groups in total. The van der Waals surface area contributed by atoms with Crippen molar-refractivity contribution >= 4 is 24.9 Å². The summed E-state index contributed by atoms with van der Waals surface area (Å²) in [6.07, 6.45) is 2.34. The van der Waals surface area contributed by atoms with Crippen LogP contribution >= 0.6 is 0 Å². The minimum absolute atomic E-state index is 0.0474. The van der Waals surface area contributed by atoms with Gasteiger partial charge in [-0.1, -0.05) is 81.4 Å². The quantitative estimate of drug-likeness (QED) is 0.488. The molecule has 4 heteroatoms. The van der Waals surface area contributed by atoms with Crippen molar-refractivity contribution in [3.8, 4) is 0 Å². The van der Waals surface area contributed by atoms with Gasteiger partial charge in [-0.3, -0.25) is 0 Å². The third kappa shape index (κ3) is 3.04. The van der Waals surface area contributed by atoms with Crippen molar-refractivity contribution < 1.29 is 9.16 Å². The van der Waals surface area contributed by atoms with Gasteiger partial charge in [-0.15, -0.1) is 0 Å². The summed E-state index contributed by atoms with van der Waals surface area (Å²) in [4.78, 5) is 0. The van der Waals surface area contributed by atoms with Crippen molar-refractivity contribution in [2.45, 2.75) is 38.3 Å². The Hall–Kier alpha value is -1.91. The lowest BCUT2D eigenvalue weighted by Gasteiger charge is -2.44. The van der Waals surface area contributed by atoms with Gasteiger partial charge in [0, 0.05) is 0 Å². The van der Waals surface area contributed by atoms with Crippen LogP contribution < -0.4 is 10.4 Å². The van der Waals surface area contributed by atoms with Crippen LogP contribution in [0.15, 0.2) is 60.7 Å². The zero-order valence-corrected chi connectivity index (χ0v) is 15.6. The van der Waals surface area contributed by atoms with Gasteiger partial charge >= 0.3 is 0 Å². The topological polar surface area (TPSA) is 35.3 Å². The second kappa shape index (κ2) is 6.53. The van der Waals surface area contributed by atoms with Crippen LogP contribution in [0.1, 0.15) is 27.2 Å². The number of hydrogen-bond acceptors (Lipinski definition) is 2. The minimum Gasteiger partial charge on any atom is -0.624 e. The van der Waals surface area contributed by atoms with E-state index in [2.05, 4.69) is 69.3 Å². The highest BCUT2D eigenvalue weighted by atomic mass is 28.4. The molecule has 1 aliphatic rings. The van der Waals surface area contributed by atoms with E-state index in [4.69, 9.17) is 4.43 Å². The summed E-state index contributed by atoms with van der Waals surface area (Å²) in [5.74, 6) is 0. The molecule has 3 nitrogen and oxygen atoms in total. The minimum atomic E-state index is -2.53. The Morgan fingerprint density at radius 3 is 1.83 bits per heavy atom. The maximum absolute atomic E-state index is 11.7. The Kier molecular flexibility index (Phi) is 4.61. The largest absolute Gasteiger partial charge is 0.624 e. The van der Waals surface area contributed by atoms with Crippen LogP contribution in [-0.2, 0) is 4.43 Å². The molecule has 0 saturated heterocycles. The third-order valence-corrected chi connectivity index (χ3v) is 9.81. The first-order valence-corrected chi connectivity index (χ1v) is 10.4. The highest BCUT2D eigenvalue weighted by molar-refractivity contribution is 6.99. The average Bonchev–Trinajstić information content (AvgIpc) is 2.98. The van der Waals surface area contributed by atoms with Crippen LogP contribution in [-0.4, -0.2) is 31.9 Å². The fraction of sp³-hybridized carbons (Fsp3) is 0.350. The van der Waals surface area contributed by atoms with Crippen molar-refractivity contribution in [3.05, 3.63) is 65.9 Å². The summed E-state index contributed by atoms with van der Waals surface area (Å²) < 4.78 is 7.87. The Morgan fingerprint density at radius 2 is 1.46 bits per heavy atom. The van der Waals surface area contributed by atoms with E-state index >= 15 is 0 Å². The number of hydrogen-bond donors (Lipinski definition) is 0. The monoisotopic (exact) mass is 339 g/mol. The first kappa shape index (κ1) is 16.9. The molecule has 0 saturated carbocycles. The molecule has 0 spiro atoms. The second-order valence-electron chi connectivity index (χ2n) is 7.42. The summed E-state index contributed by atoms with van der Waals surface area (Å²) in [5.41, 5.74) is 0. The van der Waals surface area contributed by atoms with Gasteiger partial charge in [0.1, 0.15) is 6.10 Å². The van der Waals surface area contributed by atoms with E-state index in [1.807, 2.05) is 12.1 Å². The summed E-state index contributed by atoms with van der Waals surface area (Å²) in [6.45, 7) is 7.19. The summed E-state index contributed by atoms with van der Waals surface area (Å²) in [6, 6.07) is 21.1. The molecule has 126 valence electrons. The smallest absolute Gasteiger partial charge is 0.261 e. The zero-order valence-electron chi connectivity index (χ0n) is 14.6. The van der Waals surface area contributed by atoms with Gasteiger partial charge in [0.2, 0.25) is 0 Å². The van der Waals surface area contributed by atoms with E-state index in [0.717, 1.165) is 4.74 Å². The van der Waals surface area contributed by atoms with E-state index in [-0.39, 0.29) is 11.1 Å². The maximum Gasteiger partial charge on any atom is 0.261 e. The molecule has 1 atom stereocenters. The van der Waals surface area contributed by atoms with Crippen LogP contribution in [0.4, 0.5) is 0 Å². The predicted octanol–water partition coefficient (Wildman–Crippen LogP) is 2.92. The Bertz CT molecular complexity index is 668. The lowest BCUT2D eigenvalue weighted by atomic mass is 10.2. The number of nitrogens with zero attached hydrogens (tertiary/aromatic N) is 1. The average molecular weight is 340 g/mol. The van der Waals surface area contributed by atoms with Gasteiger partial charge in [-0.05, 0) is 15.4 Å². The molecule has 0 unspecified atom stereocenters. The summed E-state index contributed by atoms with van der Waals surface area (Å²) >= 11 is 0. The van der Waals surface area contributed by atoms with Crippen LogP contribution in [0, 0.1) is 5.21 Å². The first-order chi connectivity index (χ1) is 11.4. The first-order valence-electron chi connectivity index (χ1n) is 8.49. The fourth-order valence-electron chi connectivity index (χ4n) is 3.61. The highest BCUT2D eigenvalue weighted by Gasteiger charge is 2.52. The molecular weight excluding hydrogens is 314 g/mol. The van der Waals surface area contributed by atoms with Gasteiger partial charge in [0.05, 0.1) is 6.42 Å². The van der Waals surface area contributed by atoms with E-state index in [1.165, 1.54) is 10.4 Å². The molecule has 2 aromatic rings.